The number of nitrogens with zero attached hydrogens (tertiary/aromatic N) is 5. The number of piperazine rings is 1. The number of aromatic nitrogens is 2. The highest BCUT2D eigenvalue weighted by Crippen LogP contribution is 2.15. The first-order chi connectivity index (χ1) is 10.3. The van der Waals surface area contributed by atoms with Gasteiger partial charge in [0.2, 0.25) is 6.41 Å². The van der Waals surface area contributed by atoms with Crippen molar-refractivity contribution in [1.82, 2.24) is 20.0 Å². The highest BCUT2D eigenvalue weighted by Gasteiger charge is 2.22. The van der Waals surface area contributed by atoms with Crippen molar-refractivity contribution in [2.75, 3.05) is 44.2 Å². The molecule has 2 saturated heterocycles. The van der Waals surface area contributed by atoms with Gasteiger partial charge >= 0.3 is 0 Å². The van der Waals surface area contributed by atoms with Gasteiger partial charge in [0.05, 0.1) is 0 Å². The molecule has 0 bridgehead atoms. The van der Waals surface area contributed by atoms with Gasteiger partial charge in [-0.1, -0.05) is 0 Å². The third-order valence-electron chi connectivity index (χ3n) is 4.05. The number of rotatable bonds is 3. The van der Waals surface area contributed by atoms with Gasteiger partial charge in [-0.3, -0.25) is 9.59 Å². The molecule has 2 aliphatic heterocycles. The van der Waals surface area contributed by atoms with E-state index in [1.807, 2.05) is 11.0 Å². The molecule has 0 unspecified atom stereocenters. The minimum absolute atomic E-state index is 0.0303. The number of hydrogen-bond donors (Lipinski definition) is 0. The maximum Gasteiger partial charge on any atom is 0.274 e. The highest BCUT2D eigenvalue weighted by atomic mass is 16.2. The molecule has 3 heterocycles. The topological polar surface area (TPSA) is 69.6 Å². The van der Waals surface area contributed by atoms with Crippen LogP contribution in [0.4, 0.5) is 5.82 Å². The zero-order valence-corrected chi connectivity index (χ0v) is 11.9. The van der Waals surface area contributed by atoms with E-state index in [0.29, 0.717) is 18.8 Å². The second-order valence-electron chi connectivity index (χ2n) is 5.40. The third-order valence-corrected chi connectivity index (χ3v) is 4.05. The quantitative estimate of drug-likeness (QED) is 0.732. The average Bonchev–Trinajstić information content (AvgIpc) is 3.09. The van der Waals surface area contributed by atoms with E-state index in [0.717, 1.165) is 51.2 Å². The van der Waals surface area contributed by atoms with Gasteiger partial charge in [0.25, 0.3) is 5.91 Å². The zero-order valence-electron chi connectivity index (χ0n) is 11.9. The maximum atomic E-state index is 12.2. The molecule has 21 heavy (non-hydrogen) atoms. The minimum atomic E-state index is -0.0303. The third kappa shape index (κ3) is 2.96. The van der Waals surface area contributed by atoms with Crippen LogP contribution < -0.4 is 4.90 Å². The van der Waals surface area contributed by atoms with Crippen molar-refractivity contribution in [2.45, 2.75) is 12.8 Å². The van der Waals surface area contributed by atoms with E-state index in [1.165, 1.54) is 0 Å². The van der Waals surface area contributed by atoms with Crippen LogP contribution in [0.5, 0.6) is 0 Å². The molecule has 7 heteroatoms. The van der Waals surface area contributed by atoms with Gasteiger partial charge in [-0.05, 0) is 25.0 Å². The summed E-state index contributed by atoms with van der Waals surface area (Å²) in [5.41, 5.74) is 0.409. The number of likely N-dealkylation sites (tertiary alicyclic amines) is 1. The van der Waals surface area contributed by atoms with Gasteiger partial charge in [0.15, 0.2) is 11.5 Å². The molecule has 2 aliphatic rings. The fourth-order valence-corrected chi connectivity index (χ4v) is 2.75. The van der Waals surface area contributed by atoms with Crippen LogP contribution in [-0.2, 0) is 4.79 Å². The molecule has 0 aliphatic carbocycles. The van der Waals surface area contributed by atoms with Crippen LogP contribution in [0.25, 0.3) is 0 Å². The Kier molecular flexibility index (Phi) is 3.98. The molecule has 0 atom stereocenters. The summed E-state index contributed by atoms with van der Waals surface area (Å²) in [5.74, 6) is 0.732. The molecule has 2 fully saturated rings. The predicted molar refractivity (Wildman–Crippen MR) is 77.0 cm³/mol. The van der Waals surface area contributed by atoms with E-state index in [1.54, 1.807) is 11.0 Å². The normalized spacial score (nSPS) is 19.0. The van der Waals surface area contributed by atoms with Gasteiger partial charge in [-0.25, -0.2) is 0 Å². The molecule has 1 aromatic heterocycles. The Morgan fingerprint density at radius 1 is 1.00 bits per heavy atom. The molecule has 0 N–H and O–H groups in total. The monoisotopic (exact) mass is 289 g/mol. The van der Waals surface area contributed by atoms with Crippen molar-refractivity contribution >= 4 is 18.1 Å². The standard InChI is InChI=1S/C14H19N5O2/c20-11-17-7-9-18(10-8-17)13-4-3-12(15-16-13)14(21)19-5-1-2-6-19/h3-4,11H,1-2,5-10H2. The lowest BCUT2D eigenvalue weighted by Gasteiger charge is -2.32. The maximum absolute atomic E-state index is 12.2. The summed E-state index contributed by atoms with van der Waals surface area (Å²) < 4.78 is 0. The van der Waals surface area contributed by atoms with E-state index in [2.05, 4.69) is 15.1 Å². The highest BCUT2D eigenvalue weighted by molar-refractivity contribution is 5.92. The van der Waals surface area contributed by atoms with Crippen LogP contribution in [0.3, 0.4) is 0 Å². The summed E-state index contributed by atoms with van der Waals surface area (Å²) in [5, 5.41) is 8.24. The lowest BCUT2D eigenvalue weighted by molar-refractivity contribution is -0.118. The van der Waals surface area contributed by atoms with E-state index >= 15 is 0 Å². The average molecular weight is 289 g/mol. The van der Waals surface area contributed by atoms with Crippen molar-refractivity contribution in [3.63, 3.8) is 0 Å². The fourth-order valence-electron chi connectivity index (χ4n) is 2.75. The van der Waals surface area contributed by atoms with Crippen molar-refractivity contribution < 1.29 is 9.59 Å². The fraction of sp³-hybridized carbons (Fsp3) is 0.571. The molecule has 7 nitrogen and oxygen atoms in total. The lowest BCUT2D eigenvalue weighted by Crippen LogP contribution is -2.46. The lowest BCUT2D eigenvalue weighted by atomic mass is 10.3. The SMILES string of the molecule is O=CN1CCN(c2ccc(C(=O)N3CCCC3)nn2)CC1. The van der Waals surface area contributed by atoms with Crippen LogP contribution >= 0.6 is 0 Å². The first-order valence-corrected chi connectivity index (χ1v) is 7.35. The van der Waals surface area contributed by atoms with Crippen LogP contribution in [-0.4, -0.2) is 71.6 Å². The molecule has 2 amide bonds. The molecular weight excluding hydrogens is 270 g/mol. The van der Waals surface area contributed by atoms with E-state index < -0.39 is 0 Å². The minimum Gasteiger partial charge on any atom is -0.352 e. The van der Waals surface area contributed by atoms with E-state index in [9.17, 15) is 9.59 Å². The Morgan fingerprint density at radius 2 is 1.71 bits per heavy atom. The van der Waals surface area contributed by atoms with Crippen LogP contribution in [0.1, 0.15) is 23.3 Å². The van der Waals surface area contributed by atoms with Gasteiger partial charge in [-0.2, -0.15) is 0 Å². The first kappa shape index (κ1) is 13.8. The second-order valence-corrected chi connectivity index (χ2v) is 5.40. The number of anilines is 1. The molecule has 0 spiro atoms. The van der Waals surface area contributed by atoms with Crippen molar-refractivity contribution in [1.29, 1.82) is 0 Å². The Balaban J connectivity index is 1.64. The Bertz CT molecular complexity index is 505. The molecule has 1 aromatic rings. The van der Waals surface area contributed by atoms with E-state index in [4.69, 9.17) is 0 Å². The van der Waals surface area contributed by atoms with Crippen LogP contribution in [0.15, 0.2) is 12.1 Å². The summed E-state index contributed by atoms with van der Waals surface area (Å²) in [6.07, 6.45) is 3.01. The number of hydrogen-bond acceptors (Lipinski definition) is 5. The molecular formula is C14H19N5O2. The zero-order chi connectivity index (χ0) is 14.7. The number of amides is 2. The van der Waals surface area contributed by atoms with Crippen molar-refractivity contribution in [3.05, 3.63) is 17.8 Å². The predicted octanol–water partition coefficient (Wildman–Crippen LogP) is -0.00900. The van der Waals surface area contributed by atoms with Crippen molar-refractivity contribution in [2.24, 2.45) is 0 Å². The van der Waals surface area contributed by atoms with Gasteiger partial charge in [0, 0.05) is 39.3 Å². The number of carbonyl (C=O) groups is 2. The summed E-state index contributed by atoms with van der Waals surface area (Å²) in [7, 11) is 0. The summed E-state index contributed by atoms with van der Waals surface area (Å²) in [6.45, 7) is 4.50. The van der Waals surface area contributed by atoms with Crippen LogP contribution in [0, 0.1) is 0 Å². The number of carbonyl (C=O) groups excluding carboxylic acids is 2. The van der Waals surface area contributed by atoms with Crippen molar-refractivity contribution in [3.8, 4) is 0 Å². The Morgan fingerprint density at radius 3 is 2.29 bits per heavy atom. The van der Waals surface area contributed by atoms with Crippen LogP contribution in [0.2, 0.25) is 0 Å². The summed E-state index contributed by atoms with van der Waals surface area (Å²) in [6, 6.07) is 3.59. The molecule has 112 valence electrons. The second kappa shape index (κ2) is 6.07. The smallest absolute Gasteiger partial charge is 0.274 e. The van der Waals surface area contributed by atoms with Gasteiger partial charge in [-0.15, -0.1) is 10.2 Å². The summed E-state index contributed by atoms with van der Waals surface area (Å²) >= 11 is 0. The largest absolute Gasteiger partial charge is 0.352 e. The molecule has 0 radical (unpaired) electrons. The Labute approximate surface area is 123 Å². The molecule has 0 aromatic carbocycles. The van der Waals surface area contributed by atoms with Gasteiger partial charge < -0.3 is 14.7 Å². The molecule has 3 rings (SSSR count). The Hall–Kier alpha value is -2.18. The molecule has 0 saturated carbocycles. The van der Waals surface area contributed by atoms with E-state index in [-0.39, 0.29) is 5.91 Å². The summed E-state index contributed by atoms with van der Waals surface area (Å²) in [4.78, 5) is 28.5. The first-order valence-electron chi connectivity index (χ1n) is 7.35. The van der Waals surface area contributed by atoms with Gasteiger partial charge in [0.1, 0.15) is 0 Å².